The third-order valence-electron chi connectivity index (χ3n) is 5.91. The quantitative estimate of drug-likeness (QED) is 0.744. The number of carbonyl (C=O) groups is 3. The number of hydrogen-bond donors (Lipinski definition) is 2. The molecule has 0 bridgehead atoms. The predicted octanol–water partition coefficient (Wildman–Crippen LogP) is 2.72. The second-order valence-corrected chi connectivity index (χ2v) is 8.19. The Morgan fingerprint density at radius 1 is 1.16 bits per heavy atom. The third kappa shape index (κ3) is 4.91. The first kappa shape index (κ1) is 21.8. The van der Waals surface area contributed by atoms with Crippen molar-refractivity contribution in [2.75, 3.05) is 19.0 Å². The standard InChI is InChI=1S/C24H26N2O6/c1-26-19-9-8-17(13-23(28)29)32-21(19)14-31-20-10-7-16(12-18(20)24(26)30)25-22(27)11-15-5-3-2-4-6-15/h2-7,10,12,17,19,21H,8-9,11,13-14H2,1H3,(H,25,27)(H,28,29)/t17-,19-,21-/m1/s1. The molecule has 2 amide bonds. The molecule has 0 unspecified atom stereocenters. The maximum Gasteiger partial charge on any atom is 0.305 e. The van der Waals surface area contributed by atoms with Gasteiger partial charge in [0.25, 0.3) is 5.91 Å². The summed E-state index contributed by atoms with van der Waals surface area (Å²) in [5.74, 6) is -0.898. The molecule has 0 radical (unpaired) electrons. The van der Waals surface area contributed by atoms with Gasteiger partial charge in [-0.05, 0) is 36.6 Å². The number of nitrogens with one attached hydrogen (secondary N) is 1. The van der Waals surface area contributed by atoms with Crippen LogP contribution in [0.1, 0.15) is 35.2 Å². The number of benzene rings is 2. The van der Waals surface area contributed by atoms with Gasteiger partial charge in [-0.3, -0.25) is 14.4 Å². The Hall–Kier alpha value is -3.39. The smallest absolute Gasteiger partial charge is 0.305 e. The number of fused-ring (bicyclic) bond motifs is 2. The lowest BCUT2D eigenvalue weighted by Crippen LogP contribution is -2.53. The van der Waals surface area contributed by atoms with Crippen molar-refractivity contribution in [1.29, 1.82) is 0 Å². The molecule has 0 aromatic heterocycles. The lowest BCUT2D eigenvalue weighted by molar-refractivity contribution is -0.148. The van der Waals surface area contributed by atoms with Crippen LogP contribution in [0.25, 0.3) is 0 Å². The molecule has 2 heterocycles. The maximum atomic E-state index is 13.2. The number of ether oxygens (including phenoxy) is 2. The minimum absolute atomic E-state index is 0.0660. The van der Waals surface area contributed by atoms with Crippen LogP contribution in [0.4, 0.5) is 5.69 Å². The van der Waals surface area contributed by atoms with E-state index in [1.165, 1.54) is 0 Å². The molecule has 8 nitrogen and oxygen atoms in total. The van der Waals surface area contributed by atoms with Gasteiger partial charge in [-0.15, -0.1) is 0 Å². The van der Waals surface area contributed by atoms with Crippen molar-refractivity contribution >= 4 is 23.5 Å². The minimum Gasteiger partial charge on any atom is -0.490 e. The first-order valence-corrected chi connectivity index (χ1v) is 10.7. The van der Waals surface area contributed by atoms with Gasteiger partial charge < -0.3 is 24.8 Å². The Morgan fingerprint density at radius 3 is 2.69 bits per heavy atom. The Kier molecular flexibility index (Phi) is 6.41. The van der Waals surface area contributed by atoms with Gasteiger partial charge in [0, 0.05) is 12.7 Å². The fourth-order valence-corrected chi connectivity index (χ4v) is 4.29. The SMILES string of the molecule is CN1C(=O)c2cc(NC(=O)Cc3ccccc3)ccc2OC[C@H]2O[C@@H](CC(=O)O)CC[C@H]21. The fourth-order valence-electron chi connectivity index (χ4n) is 4.29. The maximum absolute atomic E-state index is 13.2. The molecule has 2 aliphatic rings. The lowest BCUT2D eigenvalue weighted by atomic mass is 9.94. The average Bonchev–Trinajstić information content (AvgIpc) is 2.77. The number of aliphatic carboxylic acids is 1. The van der Waals surface area contributed by atoms with E-state index in [0.29, 0.717) is 29.8 Å². The molecule has 4 rings (SSSR count). The number of nitrogens with zero attached hydrogens (tertiary/aromatic N) is 1. The van der Waals surface area contributed by atoms with Crippen LogP contribution in [0, 0.1) is 0 Å². The summed E-state index contributed by atoms with van der Waals surface area (Å²) >= 11 is 0. The van der Waals surface area contributed by atoms with Gasteiger partial charge >= 0.3 is 5.97 Å². The molecule has 168 valence electrons. The van der Waals surface area contributed by atoms with Gasteiger partial charge in [-0.25, -0.2) is 0 Å². The molecule has 32 heavy (non-hydrogen) atoms. The second-order valence-electron chi connectivity index (χ2n) is 8.19. The van der Waals surface area contributed by atoms with Crippen LogP contribution in [0.2, 0.25) is 0 Å². The summed E-state index contributed by atoms with van der Waals surface area (Å²) in [4.78, 5) is 38.3. The van der Waals surface area contributed by atoms with E-state index in [4.69, 9.17) is 14.6 Å². The monoisotopic (exact) mass is 438 g/mol. The van der Waals surface area contributed by atoms with E-state index in [1.54, 1.807) is 30.1 Å². The zero-order chi connectivity index (χ0) is 22.7. The van der Waals surface area contributed by atoms with Crippen molar-refractivity contribution in [1.82, 2.24) is 4.90 Å². The van der Waals surface area contributed by atoms with E-state index in [-0.39, 0.29) is 43.4 Å². The number of rotatable bonds is 5. The third-order valence-corrected chi connectivity index (χ3v) is 5.91. The van der Waals surface area contributed by atoms with Crippen LogP contribution < -0.4 is 10.1 Å². The highest BCUT2D eigenvalue weighted by molar-refractivity contribution is 6.00. The largest absolute Gasteiger partial charge is 0.490 e. The van der Waals surface area contributed by atoms with Crippen molar-refractivity contribution in [2.45, 2.75) is 43.9 Å². The van der Waals surface area contributed by atoms with Crippen LogP contribution >= 0.6 is 0 Å². The lowest BCUT2D eigenvalue weighted by Gasteiger charge is -2.42. The number of anilines is 1. The van der Waals surface area contributed by atoms with Crippen LogP contribution in [0.15, 0.2) is 48.5 Å². The molecule has 2 aromatic carbocycles. The summed E-state index contributed by atoms with van der Waals surface area (Å²) in [5.41, 5.74) is 1.80. The number of carboxylic acid groups (broad SMARTS) is 1. The fraction of sp³-hybridized carbons (Fsp3) is 0.375. The highest BCUT2D eigenvalue weighted by atomic mass is 16.5. The van der Waals surface area contributed by atoms with E-state index in [9.17, 15) is 14.4 Å². The number of hydrogen-bond acceptors (Lipinski definition) is 5. The molecule has 1 fully saturated rings. The number of carboxylic acids is 1. The van der Waals surface area contributed by atoms with Crippen LogP contribution in [-0.4, -0.2) is 59.7 Å². The Bertz CT molecular complexity index is 1010. The molecule has 3 atom stereocenters. The first-order chi connectivity index (χ1) is 15.4. The van der Waals surface area contributed by atoms with Crippen molar-refractivity contribution in [3.63, 3.8) is 0 Å². The Balaban J connectivity index is 1.49. The molecular weight excluding hydrogens is 412 g/mol. The van der Waals surface area contributed by atoms with Crippen molar-refractivity contribution in [3.8, 4) is 5.75 Å². The zero-order valence-corrected chi connectivity index (χ0v) is 17.8. The van der Waals surface area contributed by atoms with Crippen LogP contribution in [-0.2, 0) is 20.7 Å². The molecule has 0 aliphatic carbocycles. The van der Waals surface area contributed by atoms with Gasteiger partial charge in [0.05, 0.1) is 30.6 Å². The molecule has 0 saturated carbocycles. The zero-order valence-electron chi connectivity index (χ0n) is 17.8. The summed E-state index contributed by atoms with van der Waals surface area (Å²) < 4.78 is 11.8. The van der Waals surface area contributed by atoms with Crippen LogP contribution in [0.5, 0.6) is 5.75 Å². The average molecular weight is 438 g/mol. The summed E-state index contributed by atoms with van der Waals surface area (Å²) in [5, 5.41) is 11.9. The summed E-state index contributed by atoms with van der Waals surface area (Å²) in [6.45, 7) is 0.213. The molecule has 0 spiro atoms. The summed E-state index contributed by atoms with van der Waals surface area (Å²) in [6, 6.07) is 14.2. The summed E-state index contributed by atoms with van der Waals surface area (Å²) in [7, 11) is 1.72. The molecule has 8 heteroatoms. The van der Waals surface area contributed by atoms with E-state index in [2.05, 4.69) is 5.32 Å². The topological polar surface area (TPSA) is 105 Å². The van der Waals surface area contributed by atoms with Crippen LogP contribution in [0.3, 0.4) is 0 Å². The Morgan fingerprint density at radius 2 is 1.94 bits per heavy atom. The molecule has 1 saturated heterocycles. The number of likely N-dealkylation sites (N-methyl/N-ethyl adjacent to an activating group) is 1. The molecule has 2 aromatic rings. The van der Waals surface area contributed by atoms with Gasteiger partial charge in [0.2, 0.25) is 5.91 Å². The van der Waals surface area contributed by atoms with Gasteiger partial charge in [0.1, 0.15) is 18.5 Å². The Labute approximate surface area is 186 Å². The highest BCUT2D eigenvalue weighted by Crippen LogP contribution is 2.32. The van der Waals surface area contributed by atoms with Crippen molar-refractivity contribution in [3.05, 3.63) is 59.7 Å². The van der Waals surface area contributed by atoms with E-state index in [0.717, 1.165) is 5.56 Å². The number of carbonyl (C=O) groups excluding carboxylic acids is 2. The van der Waals surface area contributed by atoms with Crippen molar-refractivity contribution in [2.24, 2.45) is 0 Å². The normalized spacial score (nSPS) is 22.6. The summed E-state index contributed by atoms with van der Waals surface area (Å²) in [6.07, 6.45) is 0.581. The van der Waals surface area contributed by atoms with E-state index in [1.807, 2.05) is 30.3 Å². The second kappa shape index (κ2) is 9.40. The van der Waals surface area contributed by atoms with Gasteiger partial charge in [0.15, 0.2) is 0 Å². The van der Waals surface area contributed by atoms with E-state index < -0.39 is 12.1 Å². The highest BCUT2D eigenvalue weighted by Gasteiger charge is 2.39. The predicted molar refractivity (Wildman–Crippen MR) is 117 cm³/mol. The minimum atomic E-state index is -0.906. The molecule has 2 N–H and O–H groups in total. The van der Waals surface area contributed by atoms with E-state index >= 15 is 0 Å². The molecular formula is C24H26N2O6. The van der Waals surface area contributed by atoms with Gasteiger partial charge in [-0.1, -0.05) is 30.3 Å². The molecule has 2 aliphatic heterocycles. The van der Waals surface area contributed by atoms with Gasteiger partial charge in [-0.2, -0.15) is 0 Å². The first-order valence-electron chi connectivity index (χ1n) is 10.7. The van der Waals surface area contributed by atoms with Crippen molar-refractivity contribution < 1.29 is 29.0 Å². The number of amides is 2.